The number of nitrogens with zero attached hydrogens (tertiary/aromatic N) is 3. The fourth-order valence-electron chi connectivity index (χ4n) is 2.38. The third kappa shape index (κ3) is 4.63. The first-order valence-corrected chi connectivity index (χ1v) is 8.04. The molecular weight excluding hydrogens is 358 g/mol. The van der Waals surface area contributed by atoms with E-state index < -0.39 is 23.3 Å². The van der Waals surface area contributed by atoms with Gasteiger partial charge in [-0.15, -0.1) is 0 Å². The number of amides is 1. The number of hydrogen-bond donors (Lipinski definition) is 1. The highest BCUT2D eigenvalue weighted by atomic mass is 19.1. The summed E-state index contributed by atoms with van der Waals surface area (Å²) in [4.78, 5) is 20.6. The lowest BCUT2D eigenvalue weighted by Crippen LogP contribution is -2.24. The number of carbonyl (C=O) groups is 1. The van der Waals surface area contributed by atoms with Gasteiger partial charge in [0.05, 0.1) is 6.54 Å². The minimum absolute atomic E-state index is 0.00646. The van der Waals surface area contributed by atoms with Crippen LogP contribution in [0.5, 0.6) is 5.75 Å². The van der Waals surface area contributed by atoms with Gasteiger partial charge in [0.2, 0.25) is 0 Å². The van der Waals surface area contributed by atoms with Gasteiger partial charge in [0, 0.05) is 17.5 Å². The molecule has 0 atom stereocenters. The molecule has 0 radical (unpaired) electrons. The molecule has 1 amide bonds. The van der Waals surface area contributed by atoms with E-state index in [1.165, 1.54) is 12.1 Å². The first-order valence-electron chi connectivity index (χ1n) is 8.04. The van der Waals surface area contributed by atoms with Crippen LogP contribution in [0.15, 0.2) is 34.9 Å². The zero-order valence-electron chi connectivity index (χ0n) is 14.6. The van der Waals surface area contributed by atoms with Crippen LogP contribution in [-0.2, 0) is 13.2 Å². The van der Waals surface area contributed by atoms with Gasteiger partial charge in [-0.05, 0) is 32.0 Å². The predicted octanol–water partition coefficient (Wildman–Crippen LogP) is 2.87. The summed E-state index contributed by atoms with van der Waals surface area (Å²) in [5.41, 5.74) is 1.60. The van der Waals surface area contributed by atoms with Crippen LogP contribution in [0.25, 0.3) is 0 Å². The molecule has 2 aromatic heterocycles. The molecule has 0 fully saturated rings. The molecule has 7 nitrogen and oxygen atoms in total. The molecule has 3 aromatic rings. The van der Waals surface area contributed by atoms with E-state index in [1.807, 2.05) is 19.9 Å². The fraction of sp³-hybridized carbons (Fsp3) is 0.222. The van der Waals surface area contributed by atoms with Gasteiger partial charge < -0.3 is 14.6 Å². The van der Waals surface area contributed by atoms with E-state index in [0.29, 0.717) is 5.82 Å². The van der Waals surface area contributed by atoms with Gasteiger partial charge in [-0.3, -0.25) is 4.79 Å². The summed E-state index contributed by atoms with van der Waals surface area (Å²) in [6, 6.07) is 6.54. The molecule has 0 saturated heterocycles. The van der Waals surface area contributed by atoms with Gasteiger partial charge in [0.15, 0.2) is 28.8 Å². The third-order valence-electron chi connectivity index (χ3n) is 3.50. The average Bonchev–Trinajstić information content (AvgIpc) is 3.07. The van der Waals surface area contributed by atoms with Crippen LogP contribution in [0, 0.1) is 25.5 Å². The van der Waals surface area contributed by atoms with E-state index >= 15 is 0 Å². The molecule has 140 valence electrons. The summed E-state index contributed by atoms with van der Waals surface area (Å²) in [6.45, 7) is 3.52. The Labute approximate surface area is 153 Å². The van der Waals surface area contributed by atoms with Crippen LogP contribution >= 0.6 is 0 Å². The Hall–Kier alpha value is -3.36. The first-order chi connectivity index (χ1) is 12.9. The second kappa shape index (κ2) is 7.90. The molecule has 3 rings (SSSR count). The van der Waals surface area contributed by atoms with Crippen molar-refractivity contribution in [1.29, 1.82) is 0 Å². The molecule has 27 heavy (non-hydrogen) atoms. The van der Waals surface area contributed by atoms with Crippen molar-refractivity contribution in [2.45, 2.75) is 27.0 Å². The number of benzene rings is 1. The van der Waals surface area contributed by atoms with Gasteiger partial charge in [-0.1, -0.05) is 11.2 Å². The number of aromatic nitrogens is 3. The SMILES string of the molecule is Cc1cc(C)nc(CNC(=O)c2cc(COc3c(F)cccc3F)on2)n1. The van der Waals surface area contributed by atoms with E-state index in [0.717, 1.165) is 23.5 Å². The number of nitrogens with one attached hydrogen (secondary N) is 1. The number of ether oxygens (including phenoxy) is 1. The first kappa shape index (κ1) is 18.4. The molecule has 0 spiro atoms. The van der Waals surface area contributed by atoms with E-state index in [2.05, 4.69) is 20.4 Å². The van der Waals surface area contributed by atoms with Crippen molar-refractivity contribution in [3.05, 3.63) is 70.6 Å². The number of hydrogen-bond acceptors (Lipinski definition) is 6. The Morgan fingerprint density at radius 1 is 1.15 bits per heavy atom. The summed E-state index contributed by atoms with van der Waals surface area (Å²) < 4.78 is 37.1. The van der Waals surface area contributed by atoms with Gasteiger partial charge in [-0.25, -0.2) is 18.7 Å². The van der Waals surface area contributed by atoms with E-state index in [1.54, 1.807) is 0 Å². The van der Waals surface area contributed by atoms with Crippen LogP contribution in [0.1, 0.15) is 33.5 Å². The van der Waals surface area contributed by atoms with Gasteiger partial charge in [0.25, 0.3) is 5.91 Å². The smallest absolute Gasteiger partial charge is 0.273 e. The maximum atomic E-state index is 13.5. The Kier molecular flexibility index (Phi) is 5.39. The number of halogens is 2. The maximum absolute atomic E-state index is 13.5. The van der Waals surface area contributed by atoms with Crippen molar-refractivity contribution in [1.82, 2.24) is 20.4 Å². The van der Waals surface area contributed by atoms with Crippen molar-refractivity contribution in [2.24, 2.45) is 0 Å². The highest BCUT2D eigenvalue weighted by Crippen LogP contribution is 2.22. The van der Waals surface area contributed by atoms with E-state index in [4.69, 9.17) is 9.26 Å². The average molecular weight is 374 g/mol. The van der Waals surface area contributed by atoms with Crippen LogP contribution in [-0.4, -0.2) is 21.0 Å². The Morgan fingerprint density at radius 3 is 2.48 bits per heavy atom. The quantitative estimate of drug-likeness (QED) is 0.714. The Bertz CT molecular complexity index is 934. The lowest BCUT2D eigenvalue weighted by molar-refractivity contribution is 0.0940. The molecule has 0 saturated carbocycles. The van der Waals surface area contributed by atoms with Crippen molar-refractivity contribution < 1.29 is 22.8 Å². The molecule has 2 heterocycles. The van der Waals surface area contributed by atoms with Crippen LogP contribution in [0.2, 0.25) is 0 Å². The predicted molar refractivity (Wildman–Crippen MR) is 89.9 cm³/mol. The second-order valence-corrected chi connectivity index (χ2v) is 5.77. The standard InChI is InChI=1S/C18H16F2N4O3/c1-10-6-11(2)23-16(22-10)8-21-18(25)15-7-12(27-24-15)9-26-17-13(19)4-3-5-14(17)20/h3-7H,8-9H2,1-2H3,(H,21,25). The minimum atomic E-state index is -0.832. The van der Waals surface area contributed by atoms with Crippen molar-refractivity contribution in [2.75, 3.05) is 0 Å². The molecule has 0 bridgehead atoms. The summed E-state index contributed by atoms with van der Waals surface area (Å²) in [5, 5.41) is 6.25. The van der Waals surface area contributed by atoms with E-state index in [-0.39, 0.29) is 24.6 Å². The zero-order chi connectivity index (χ0) is 19.4. The third-order valence-corrected chi connectivity index (χ3v) is 3.50. The molecular formula is C18H16F2N4O3. The second-order valence-electron chi connectivity index (χ2n) is 5.77. The molecule has 1 aromatic carbocycles. The summed E-state index contributed by atoms with van der Waals surface area (Å²) >= 11 is 0. The molecule has 0 aliphatic heterocycles. The lowest BCUT2D eigenvalue weighted by atomic mass is 10.3. The van der Waals surface area contributed by atoms with Gasteiger partial charge in [-0.2, -0.15) is 0 Å². The fourth-order valence-corrected chi connectivity index (χ4v) is 2.38. The number of para-hydroxylation sites is 1. The number of carbonyl (C=O) groups excluding carboxylic acids is 1. The van der Waals surface area contributed by atoms with Gasteiger partial charge in [0.1, 0.15) is 12.4 Å². The number of rotatable bonds is 6. The summed E-state index contributed by atoms with van der Waals surface area (Å²) in [6.07, 6.45) is 0. The van der Waals surface area contributed by atoms with Crippen molar-refractivity contribution in [3.63, 3.8) is 0 Å². The highest BCUT2D eigenvalue weighted by Gasteiger charge is 2.15. The maximum Gasteiger partial charge on any atom is 0.273 e. The topological polar surface area (TPSA) is 90.1 Å². The molecule has 9 heteroatoms. The monoisotopic (exact) mass is 374 g/mol. The van der Waals surface area contributed by atoms with Crippen molar-refractivity contribution in [3.8, 4) is 5.75 Å². The number of aryl methyl sites for hydroxylation is 2. The zero-order valence-corrected chi connectivity index (χ0v) is 14.6. The Balaban J connectivity index is 1.59. The highest BCUT2D eigenvalue weighted by molar-refractivity contribution is 5.92. The Morgan fingerprint density at radius 2 is 1.81 bits per heavy atom. The van der Waals surface area contributed by atoms with E-state index in [9.17, 15) is 13.6 Å². The molecule has 0 aliphatic rings. The van der Waals surface area contributed by atoms with Crippen LogP contribution < -0.4 is 10.1 Å². The van der Waals surface area contributed by atoms with Gasteiger partial charge >= 0.3 is 0 Å². The summed E-state index contributed by atoms with van der Waals surface area (Å²) in [7, 11) is 0. The van der Waals surface area contributed by atoms with Crippen LogP contribution in [0.4, 0.5) is 8.78 Å². The lowest BCUT2D eigenvalue weighted by Gasteiger charge is -2.05. The normalized spacial score (nSPS) is 10.7. The molecule has 0 unspecified atom stereocenters. The summed E-state index contributed by atoms with van der Waals surface area (Å²) in [5.74, 6) is -2.06. The largest absolute Gasteiger partial charge is 0.479 e. The molecule has 1 N–H and O–H groups in total. The van der Waals surface area contributed by atoms with Crippen molar-refractivity contribution >= 4 is 5.91 Å². The molecule has 0 aliphatic carbocycles. The minimum Gasteiger partial charge on any atom is -0.479 e. The van der Waals surface area contributed by atoms with Crippen LogP contribution in [0.3, 0.4) is 0 Å².